The maximum Gasteiger partial charge on any atom is 0.273 e. The van der Waals surface area contributed by atoms with E-state index in [1.165, 1.54) is 11.0 Å². The third-order valence-corrected chi connectivity index (χ3v) is 5.19. The molecule has 0 saturated heterocycles. The van der Waals surface area contributed by atoms with Gasteiger partial charge in [0.05, 0.1) is 18.5 Å². The Hall–Kier alpha value is -3.42. The molecule has 2 atom stereocenters. The molecule has 8 nitrogen and oxygen atoms in total. The maximum atomic E-state index is 13.2. The molecule has 0 spiro atoms. The van der Waals surface area contributed by atoms with E-state index in [0.717, 1.165) is 12.0 Å². The van der Waals surface area contributed by atoms with Crippen LogP contribution in [0.25, 0.3) is 0 Å². The zero-order valence-electron chi connectivity index (χ0n) is 18.3. The van der Waals surface area contributed by atoms with Crippen LogP contribution in [-0.2, 0) is 22.6 Å². The molecule has 0 saturated carbocycles. The van der Waals surface area contributed by atoms with Gasteiger partial charge in [0.1, 0.15) is 11.8 Å². The number of nitrogens with one attached hydrogen (secondary N) is 1. The van der Waals surface area contributed by atoms with Crippen LogP contribution in [0.2, 0.25) is 0 Å². The van der Waals surface area contributed by atoms with Gasteiger partial charge in [0.25, 0.3) is 5.69 Å². The van der Waals surface area contributed by atoms with E-state index in [1.54, 1.807) is 44.4 Å². The van der Waals surface area contributed by atoms with E-state index in [1.807, 2.05) is 26.0 Å². The minimum absolute atomic E-state index is 0.0288. The fraction of sp³-hybridized carbons (Fsp3) is 0.391. The molecule has 0 aliphatic rings. The number of hydrogen-bond donors (Lipinski definition) is 1. The van der Waals surface area contributed by atoms with Gasteiger partial charge in [0.2, 0.25) is 11.8 Å². The first-order chi connectivity index (χ1) is 14.8. The van der Waals surface area contributed by atoms with Crippen LogP contribution in [0.4, 0.5) is 5.69 Å². The molecule has 0 aromatic heterocycles. The van der Waals surface area contributed by atoms with Crippen molar-refractivity contribution in [3.05, 3.63) is 69.8 Å². The number of methoxy groups -OCH3 is 1. The van der Waals surface area contributed by atoms with Crippen molar-refractivity contribution in [2.75, 3.05) is 7.11 Å². The number of carbonyl (C=O) groups excluding carboxylic acids is 2. The van der Waals surface area contributed by atoms with E-state index in [9.17, 15) is 19.7 Å². The molecule has 0 aliphatic heterocycles. The van der Waals surface area contributed by atoms with Crippen LogP contribution in [0.1, 0.15) is 38.3 Å². The number of amides is 2. The van der Waals surface area contributed by atoms with Gasteiger partial charge in [-0.3, -0.25) is 19.7 Å². The van der Waals surface area contributed by atoms with Gasteiger partial charge in [-0.15, -0.1) is 0 Å². The van der Waals surface area contributed by atoms with E-state index in [4.69, 9.17) is 4.74 Å². The molecule has 31 heavy (non-hydrogen) atoms. The Balaban J connectivity index is 2.32. The molecule has 0 radical (unpaired) electrons. The second kappa shape index (κ2) is 11.1. The zero-order valence-corrected chi connectivity index (χ0v) is 18.3. The number of nitro benzene ring substituents is 1. The summed E-state index contributed by atoms with van der Waals surface area (Å²) in [6, 6.07) is 12.6. The molecule has 1 N–H and O–H groups in total. The lowest BCUT2D eigenvalue weighted by Gasteiger charge is -2.30. The predicted molar refractivity (Wildman–Crippen MR) is 118 cm³/mol. The fourth-order valence-electron chi connectivity index (χ4n) is 3.12. The molecule has 0 fully saturated rings. The van der Waals surface area contributed by atoms with E-state index >= 15 is 0 Å². The van der Waals surface area contributed by atoms with Crippen LogP contribution in [0.3, 0.4) is 0 Å². The van der Waals surface area contributed by atoms with Crippen molar-refractivity contribution < 1.29 is 19.2 Å². The number of nitro groups is 1. The molecular weight excluding hydrogens is 398 g/mol. The topological polar surface area (TPSA) is 102 Å². The summed E-state index contributed by atoms with van der Waals surface area (Å²) in [7, 11) is 1.55. The average molecular weight is 428 g/mol. The monoisotopic (exact) mass is 427 g/mol. The summed E-state index contributed by atoms with van der Waals surface area (Å²) in [6.07, 6.45) is 0.584. The number of rotatable bonds is 10. The fourth-order valence-corrected chi connectivity index (χ4v) is 3.12. The first-order valence-corrected chi connectivity index (χ1v) is 10.2. The Bertz CT molecular complexity index is 931. The Morgan fingerprint density at radius 1 is 1.16 bits per heavy atom. The van der Waals surface area contributed by atoms with E-state index in [2.05, 4.69) is 5.32 Å². The average Bonchev–Trinajstić information content (AvgIpc) is 2.77. The molecule has 2 amide bonds. The van der Waals surface area contributed by atoms with Gasteiger partial charge in [-0.1, -0.05) is 37.3 Å². The summed E-state index contributed by atoms with van der Waals surface area (Å²) < 4.78 is 5.25. The molecule has 2 aromatic carbocycles. The smallest absolute Gasteiger partial charge is 0.273 e. The van der Waals surface area contributed by atoms with E-state index in [-0.39, 0.29) is 36.5 Å². The predicted octanol–water partition coefficient (Wildman–Crippen LogP) is 3.48. The second-order valence-electron chi connectivity index (χ2n) is 7.43. The minimum Gasteiger partial charge on any atom is -0.497 e. The summed E-state index contributed by atoms with van der Waals surface area (Å²) in [4.78, 5) is 38.3. The van der Waals surface area contributed by atoms with Gasteiger partial charge in [-0.2, -0.15) is 0 Å². The third-order valence-electron chi connectivity index (χ3n) is 5.19. The zero-order chi connectivity index (χ0) is 23.0. The number of carbonyl (C=O) groups is 2. The number of ether oxygens (including phenoxy) is 1. The van der Waals surface area contributed by atoms with Crippen molar-refractivity contribution >= 4 is 17.5 Å². The molecule has 2 rings (SSSR count). The Labute approximate surface area is 182 Å². The Kier molecular flexibility index (Phi) is 8.54. The van der Waals surface area contributed by atoms with Gasteiger partial charge in [0, 0.05) is 24.2 Å². The maximum absolute atomic E-state index is 13.2. The number of nitrogens with zero attached hydrogens (tertiary/aromatic N) is 2. The highest BCUT2D eigenvalue weighted by atomic mass is 16.6. The number of hydrogen-bond acceptors (Lipinski definition) is 5. The summed E-state index contributed by atoms with van der Waals surface area (Å²) >= 11 is 0. The van der Waals surface area contributed by atoms with Gasteiger partial charge in [-0.25, -0.2) is 0 Å². The largest absolute Gasteiger partial charge is 0.497 e. The van der Waals surface area contributed by atoms with Crippen LogP contribution in [0.5, 0.6) is 5.75 Å². The van der Waals surface area contributed by atoms with Crippen molar-refractivity contribution in [3.63, 3.8) is 0 Å². The second-order valence-corrected chi connectivity index (χ2v) is 7.43. The van der Waals surface area contributed by atoms with Gasteiger partial charge < -0.3 is 15.0 Å². The van der Waals surface area contributed by atoms with Gasteiger partial charge in [-0.05, 0) is 38.0 Å². The normalized spacial score (nSPS) is 12.5. The van der Waals surface area contributed by atoms with E-state index < -0.39 is 11.0 Å². The summed E-state index contributed by atoms with van der Waals surface area (Å²) in [5, 5.41) is 14.2. The van der Waals surface area contributed by atoms with Crippen LogP contribution < -0.4 is 10.1 Å². The van der Waals surface area contributed by atoms with Crippen LogP contribution >= 0.6 is 0 Å². The third kappa shape index (κ3) is 6.53. The van der Waals surface area contributed by atoms with Crippen molar-refractivity contribution in [2.24, 2.45) is 0 Å². The van der Waals surface area contributed by atoms with Crippen molar-refractivity contribution in [1.29, 1.82) is 0 Å². The van der Waals surface area contributed by atoms with Crippen LogP contribution in [0, 0.1) is 10.1 Å². The molecular formula is C23H29N3O5. The summed E-state index contributed by atoms with van der Waals surface area (Å²) in [6.45, 7) is 5.69. The molecule has 0 aliphatic carbocycles. The molecule has 2 aromatic rings. The van der Waals surface area contributed by atoms with Crippen LogP contribution in [-0.4, -0.2) is 40.8 Å². The van der Waals surface area contributed by atoms with Gasteiger partial charge >= 0.3 is 0 Å². The molecule has 166 valence electrons. The highest BCUT2D eigenvalue weighted by Crippen LogP contribution is 2.21. The first-order valence-electron chi connectivity index (χ1n) is 10.2. The summed E-state index contributed by atoms with van der Waals surface area (Å²) in [5.74, 6) is -0.00242. The van der Waals surface area contributed by atoms with Crippen LogP contribution in [0.15, 0.2) is 48.5 Å². The Morgan fingerprint density at radius 3 is 2.52 bits per heavy atom. The lowest BCUT2D eigenvalue weighted by Crippen LogP contribution is -2.49. The number of benzene rings is 2. The minimum atomic E-state index is -0.754. The van der Waals surface area contributed by atoms with Crippen molar-refractivity contribution in [3.8, 4) is 5.75 Å². The lowest BCUT2D eigenvalue weighted by atomic mass is 10.1. The standard InChI is InChI=1S/C23H29N3O5/c1-5-16(2)24-23(28)17(3)25(15-18-9-8-11-20(13-18)31-4)22(27)14-19-10-6-7-12-21(19)26(29)30/h6-13,16-17H,5,14-15H2,1-4H3,(H,24,28)/t16-,17-/m0/s1. The highest BCUT2D eigenvalue weighted by molar-refractivity contribution is 5.88. The lowest BCUT2D eigenvalue weighted by molar-refractivity contribution is -0.385. The van der Waals surface area contributed by atoms with Gasteiger partial charge in [0.15, 0.2) is 0 Å². The highest BCUT2D eigenvalue weighted by Gasteiger charge is 2.28. The molecule has 0 bridgehead atoms. The van der Waals surface area contributed by atoms with Crippen molar-refractivity contribution in [2.45, 2.75) is 52.2 Å². The molecule has 8 heteroatoms. The van der Waals surface area contributed by atoms with Crippen molar-refractivity contribution in [1.82, 2.24) is 10.2 Å². The molecule has 0 unspecified atom stereocenters. The van der Waals surface area contributed by atoms with E-state index in [0.29, 0.717) is 11.3 Å². The quantitative estimate of drug-likeness (QED) is 0.462. The SMILES string of the molecule is CC[C@H](C)NC(=O)[C@H](C)N(Cc1cccc(OC)c1)C(=O)Cc1ccccc1[N+](=O)[O-]. The molecule has 0 heterocycles. The summed E-state index contributed by atoms with van der Waals surface area (Å²) in [5.41, 5.74) is 0.981. The first kappa shape index (κ1) is 23.9. The Morgan fingerprint density at radius 2 is 1.87 bits per heavy atom. The number of para-hydroxylation sites is 1.